The number of carboxylic acids is 1. The molecule has 4 nitrogen and oxygen atoms in total. The normalized spacial score (nSPS) is 10.3. The lowest BCUT2D eigenvalue weighted by Gasteiger charge is -1.98. The summed E-state index contributed by atoms with van der Waals surface area (Å²) in [6.45, 7) is 0. The first-order valence-corrected chi connectivity index (χ1v) is 7.39. The third-order valence-corrected chi connectivity index (χ3v) is 1.66. The summed E-state index contributed by atoms with van der Waals surface area (Å²) in [6, 6.07) is -0.433. The Bertz CT molecular complexity index is 124. The zero-order valence-electron chi connectivity index (χ0n) is 10.3. The van der Waals surface area contributed by atoms with Crippen molar-refractivity contribution in [1.82, 2.24) is 0 Å². The van der Waals surface area contributed by atoms with Gasteiger partial charge in [0.1, 0.15) is 0 Å². The molecule has 0 radical (unpaired) electrons. The summed E-state index contributed by atoms with van der Waals surface area (Å²) >= 11 is 3.39. The first-order valence-electron chi connectivity index (χ1n) is 4.36. The third kappa shape index (κ3) is 31.5. The summed E-state index contributed by atoms with van der Waals surface area (Å²) in [5.74, 6) is 0.0737. The van der Waals surface area contributed by atoms with E-state index in [2.05, 4.69) is 10.5 Å². The van der Waals surface area contributed by atoms with Crippen LogP contribution >= 0.6 is 23.5 Å². The molecular weight excluding hydrogens is 234 g/mol. The highest BCUT2D eigenvalue weighted by molar-refractivity contribution is 7.98. The number of ether oxygens (including phenoxy) is 1. The molecule has 94 valence electrons. The largest absolute Gasteiger partial charge is 0.477 e. The minimum absolute atomic E-state index is 0.433. The summed E-state index contributed by atoms with van der Waals surface area (Å²) in [5.41, 5.74) is 3.46. The highest BCUT2D eigenvalue weighted by atomic mass is 32.2. The Morgan fingerprint density at radius 3 is 1.93 bits per heavy atom. The average Bonchev–Trinajstić information content (AvgIpc) is 2.16. The molecule has 0 heterocycles. The van der Waals surface area contributed by atoms with Crippen LogP contribution in [0.3, 0.4) is 0 Å². The van der Waals surface area contributed by atoms with E-state index < -0.39 is 12.0 Å². The second kappa shape index (κ2) is 19.6. The van der Waals surface area contributed by atoms with Crippen LogP contribution in [0.25, 0.3) is 0 Å². The Balaban J connectivity index is -0.000000200. The van der Waals surface area contributed by atoms with E-state index >= 15 is 0 Å². The highest BCUT2D eigenvalue weighted by Gasteiger charge is 2.13. The first-order chi connectivity index (χ1) is 7.01. The molecule has 15 heavy (non-hydrogen) atoms. The summed E-state index contributed by atoms with van der Waals surface area (Å²) in [4.78, 5) is 10.1. The summed E-state index contributed by atoms with van der Waals surface area (Å²) in [6.07, 6.45) is 6.70. The van der Waals surface area contributed by atoms with E-state index in [0.29, 0.717) is 6.42 Å². The summed E-state index contributed by atoms with van der Waals surface area (Å²) in [5, 5.41) is 8.34. The molecule has 0 amide bonds. The SMILES string of the molecule is COC.CSC.CSCCC([NH3+])C(=O)O. The van der Waals surface area contributed by atoms with Crippen LogP contribution in [0.5, 0.6) is 0 Å². The van der Waals surface area contributed by atoms with Gasteiger partial charge in [0, 0.05) is 20.6 Å². The fourth-order valence-corrected chi connectivity index (χ4v) is 0.904. The van der Waals surface area contributed by atoms with E-state index in [1.807, 2.05) is 18.8 Å². The van der Waals surface area contributed by atoms with E-state index in [1.54, 1.807) is 37.7 Å². The molecule has 0 saturated carbocycles. The number of quaternary nitrogens is 1. The number of rotatable bonds is 4. The Kier molecular flexibility index (Phi) is 26.8. The lowest BCUT2D eigenvalue weighted by molar-refractivity contribution is -0.407. The van der Waals surface area contributed by atoms with Crippen molar-refractivity contribution in [2.45, 2.75) is 12.5 Å². The molecule has 0 aliphatic rings. The molecule has 0 aromatic heterocycles. The van der Waals surface area contributed by atoms with Gasteiger partial charge >= 0.3 is 5.97 Å². The number of thioether (sulfide) groups is 2. The lowest BCUT2D eigenvalue weighted by Crippen LogP contribution is -2.65. The first kappa shape index (κ1) is 20.5. The number of hydrogen-bond acceptors (Lipinski definition) is 4. The van der Waals surface area contributed by atoms with Crippen molar-refractivity contribution in [3.63, 3.8) is 0 Å². The number of hydrogen-bond donors (Lipinski definition) is 2. The van der Waals surface area contributed by atoms with Crippen LogP contribution in [-0.2, 0) is 9.53 Å². The number of carbonyl (C=O) groups is 1. The molecule has 4 N–H and O–H groups in total. The summed E-state index contributed by atoms with van der Waals surface area (Å²) in [7, 11) is 3.25. The van der Waals surface area contributed by atoms with Crippen molar-refractivity contribution in [1.29, 1.82) is 0 Å². The predicted molar refractivity (Wildman–Crippen MR) is 69.7 cm³/mol. The topological polar surface area (TPSA) is 74.2 Å². The van der Waals surface area contributed by atoms with Crippen LogP contribution in [0.1, 0.15) is 6.42 Å². The fraction of sp³-hybridized carbons (Fsp3) is 0.889. The molecule has 1 atom stereocenters. The zero-order chi connectivity index (χ0) is 12.7. The molecule has 0 aromatic carbocycles. The Labute approximate surface area is 101 Å². The van der Waals surface area contributed by atoms with Crippen LogP contribution < -0.4 is 5.73 Å². The van der Waals surface area contributed by atoms with Gasteiger partial charge in [0.2, 0.25) is 0 Å². The molecule has 0 aromatic rings. The molecule has 0 fully saturated rings. The molecule has 1 unspecified atom stereocenters. The van der Waals surface area contributed by atoms with Gasteiger partial charge in [-0.15, -0.1) is 0 Å². The maximum atomic E-state index is 10.1. The van der Waals surface area contributed by atoms with Crippen LogP contribution in [-0.4, -0.2) is 55.9 Å². The molecule has 6 heteroatoms. The van der Waals surface area contributed by atoms with Gasteiger partial charge in [0.05, 0.1) is 0 Å². The maximum Gasteiger partial charge on any atom is 0.362 e. The van der Waals surface area contributed by atoms with Gasteiger partial charge in [-0.05, 0) is 24.5 Å². The molecule has 0 aliphatic heterocycles. The average molecular weight is 258 g/mol. The van der Waals surface area contributed by atoms with E-state index in [-0.39, 0.29) is 0 Å². The van der Waals surface area contributed by atoms with E-state index in [4.69, 9.17) is 5.11 Å². The van der Waals surface area contributed by atoms with E-state index in [0.717, 1.165) is 5.75 Å². The Hall–Kier alpha value is 0.0900. The standard InChI is InChI=1S/C5H11NO2S.C2H6O.C2H6S/c1-9-3-2-4(6)5(7)8;2*1-3-2/h4H,2-3,6H2,1H3,(H,7,8);2*1-2H3/p+1. The van der Waals surface area contributed by atoms with Crippen molar-refractivity contribution < 1.29 is 20.4 Å². The molecule has 0 saturated heterocycles. The smallest absolute Gasteiger partial charge is 0.362 e. The fourth-order valence-electron chi connectivity index (χ4n) is 0.384. The van der Waals surface area contributed by atoms with Crippen molar-refractivity contribution in [2.75, 3.05) is 38.7 Å². The van der Waals surface area contributed by atoms with E-state index in [1.165, 1.54) is 0 Å². The Morgan fingerprint density at radius 2 is 1.73 bits per heavy atom. The lowest BCUT2D eigenvalue weighted by atomic mass is 10.2. The molecule has 0 aliphatic carbocycles. The van der Waals surface area contributed by atoms with Gasteiger partial charge < -0.3 is 15.6 Å². The van der Waals surface area contributed by atoms with Gasteiger partial charge in [-0.25, -0.2) is 4.79 Å². The van der Waals surface area contributed by atoms with Gasteiger partial charge in [-0.3, -0.25) is 0 Å². The van der Waals surface area contributed by atoms with Gasteiger partial charge in [-0.1, -0.05) is 0 Å². The van der Waals surface area contributed by atoms with Gasteiger partial charge in [0.15, 0.2) is 6.04 Å². The van der Waals surface area contributed by atoms with Crippen molar-refractivity contribution >= 4 is 29.5 Å². The van der Waals surface area contributed by atoms with Crippen molar-refractivity contribution in [3.05, 3.63) is 0 Å². The predicted octanol–water partition coefficient (Wildman–Crippen LogP) is 0.676. The van der Waals surface area contributed by atoms with Crippen molar-refractivity contribution in [3.8, 4) is 0 Å². The molecular formula is C9H24NO3S2+. The number of aliphatic carboxylic acids is 1. The van der Waals surface area contributed by atoms with Crippen LogP contribution in [0.2, 0.25) is 0 Å². The van der Waals surface area contributed by atoms with Crippen LogP contribution in [0, 0.1) is 0 Å². The minimum atomic E-state index is -0.802. The van der Waals surface area contributed by atoms with Gasteiger partial charge in [-0.2, -0.15) is 23.5 Å². The molecule has 0 rings (SSSR count). The second-order valence-corrected chi connectivity index (χ2v) is 4.44. The third-order valence-electron chi connectivity index (χ3n) is 1.02. The second-order valence-electron chi connectivity index (χ2n) is 2.63. The molecule has 0 bridgehead atoms. The van der Waals surface area contributed by atoms with Gasteiger partial charge in [0.25, 0.3) is 0 Å². The zero-order valence-corrected chi connectivity index (χ0v) is 11.9. The monoisotopic (exact) mass is 258 g/mol. The van der Waals surface area contributed by atoms with E-state index in [9.17, 15) is 4.79 Å². The maximum absolute atomic E-state index is 10.1. The van der Waals surface area contributed by atoms with Crippen molar-refractivity contribution in [2.24, 2.45) is 0 Å². The molecule has 0 spiro atoms. The quantitative estimate of drug-likeness (QED) is 0.775. The van der Waals surface area contributed by atoms with Crippen LogP contribution in [0.15, 0.2) is 0 Å². The highest BCUT2D eigenvalue weighted by Crippen LogP contribution is 1.96. The Morgan fingerprint density at radius 1 is 1.40 bits per heavy atom. The van der Waals surface area contributed by atoms with Crippen LogP contribution in [0.4, 0.5) is 0 Å². The number of methoxy groups -OCH3 is 1. The summed E-state index contributed by atoms with van der Waals surface area (Å²) < 4.78 is 4.25. The number of carboxylic acid groups (broad SMARTS) is 1. The minimum Gasteiger partial charge on any atom is -0.477 e.